The van der Waals surface area contributed by atoms with Gasteiger partial charge in [-0.25, -0.2) is 4.98 Å². The van der Waals surface area contributed by atoms with Crippen LogP contribution in [0.2, 0.25) is 0 Å². The minimum atomic E-state index is 0.335. The van der Waals surface area contributed by atoms with Crippen molar-refractivity contribution in [1.29, 1.82) is 0 Å². The van der Waals surface area contributed by atoms with Crippen molar-refractivity contribution in [3.8, 4) is 0 Å². The summed E-state index contributed by atoms with van der Waals surface area (Å²) in [6, 6.07) is 2.48. The number of nitrogens with zero attached hydrogens (tertiary/aromatic N) is 2. The highest BCUT2D eigenvalue weighted by Gasteiger charge is 2.11. The zero-order chi connectivity index (χ0) is 13.1. The van der Waals surface area contributed by atoms with Crippen LogP contribution in [-0.4, -0.2) is 27.5 Å². The summed E-state index contributed by atoms with van der Waals surface area (Å²) in [6.45, 7) is 6.40. The summed E-state index contributed by atoms with van der Waals surface area (Å²) in [5, 5.41) is 4.50. The van der Waals surface area contributed by atoms with Gasteiger partial charge >= 0.3 is 0 Å². The van der Waals surface area contributed by atoms with Gasteiger partial charge in [-0.3, -0.25) is 0 Å². The molecule has 1 atom stereocenters. The largest absolute Gasteiger partial charge is 0.368 e. The number of aromatic nitrogens is 2. The number of nitrogens with two attached hydrogens (primary N) is 1. The van der Waals surface area contributed by atoms with Crippen LogP contribution in [0, 0.1) is 6.92 Å². The Morgan fingerprint density at radius 2 is 2.28 bits per heavy atom. The van der Waals surface area contributed by atoms with E-state index in [1.165, 1.54) is 4.88 Å². The van der Waals surface area contributed by atoms with E-state index >= 15 is 0 Å². The minimum Gasteiger partial charge on any atom is -0.368 e. The Balaban J connectivity index is 2.26. The molecule has 0 saturated heterocycles. The average Bonchev–Trinajstić information content (AvgIpc) is 2.67. The van der Waals surface area contributed by atoms with E-state index in [9.17, 15) is 0 Å². The lowest BCUT2D eigenvalue weighted by molar-refractivity contribution is 0.904. The van der Waals surface area contributed by atoms with Gasteiger partial charge < -0.3 is 11.1 Å². The number of fused-ring (bicyclic) bond motifs is 1. The summed E-state index contributed by atoms with van der Waals surface area (Å²) in [6.07, 6.45) is 0. The molecule has 98 valence electrons. The van der Waals surface area contributed by atoms with Crippen molar-refractivity contribution in [3.63, 3.8) is 0 Å². The molecule has 0 aliphatic heterocycles. The molecule has 6 heteroatoms. The van der Waals surface area contributed by atoms with Gasteiger partial charge in [0.05, 0.1) is 5.39 Å². The summed E-state index contributed by atoms with van der Waals surface area (Å²) in [7, 11) is 0. The molecule has 0 spiro atoms. The van der Waals surface area contributed by atoms with E-state index in [0.29, 0.717) is 12.0 Å². The number of aryl methyl sites for hydroxylation is 1. The van der Waals surface area contributed by atoms with Crippen molar-refractivity contribution in [3.05, 3.63) is 10.9 Å². The van der Waals surface area contributed by atoms with Gasteiger partial charge in [0.15, 0.2) is 0 Å². The predicted molar refractivity (Wildman–Crippen MR) is 82.6 cm³/mol. The standard InChI is InChI=1S/C12H18N4S2/c1-4-17-6-7(2)14-10-9-5-8(3)18-11(9)16-12(13)15-10/h5,7H,4,6H2,1-3H3,(H3,13,14,15,16). The number of anilines is 2. The van der Waals surface area contributed by atoms with Gasteiger partial charge in [0.2, 0.25) is 5.95 Å². The molecule has 1 unspecified atom stereocenters. The van der Waals surface area contributed by atoms with Crippen molar-refractivity contribution in [2.75, 3.05) is 22.6 Å². The number of thiophene rings is 1. The molecule has 0 saturated carbocycles. The van der Waals surface area contributed by atoms with Crippen molar-refractivity contribution >= 4 is 45.1 Å². The van der Waals surface area contributed by atoms with Crippen molar-refractivity contribution in [2.24, 2.45) is 0 Å². The normalized spacial score (nSPS) is 12.8. The molecule has 0 aliphatic rings. The second kappa shape index (κ2) is 5.75. The SMILES string of the molecule is CCSCC(C)Nc1nc(N)nc2sc(C)cc12. The van der Waals surface area contributed by atoms with E-state index in [1.807, 2.05) is 11.8 Å². The van der Waals surface area contributed by atoms with Crippen LogP contribution in [-0.2, 0) is 0 Å². The first-order valence-corrected chi connectivity index (χ1v) is 7.95. The molecule has 0 fully saturated rings. The highest BCUT2D eigenvalue weighted by atomic mass is 32.2. The smallest absolute Gasteiger partial charge is 0.223 e. The first-order valence-electron chi connectivity index (χ1n) is 5.98. The van der Waals surface area contributed by atoms with Crippen molar-refractivity contribution < 1.29 is 0 Å². The molecule has 2 heterocycles. The van der Waals surface area contributed by atoms with Crippen molar-refractivity contribution in [2.45, 2.75) is 26.8 Å². The Labute approximate surface area is 115 Å². The fraction of sp³-hybridized carbons (Fsp3) is 0.500. The van der Waals surface area contributed by atoms with Crippen LogP contribution in [0.25, 0.3) is 10.2 Å². The van der Waals surface area contributed by atoms with Gasteiger partial charge in [0.1, 0.15) is 10.6 Å². The molecule has 0 radical (unpaired) electrons. The lowest BCUT2D eigenvalue weighted by atomic mass is 10.3. The zero-order valence-electron chi connectivity index (χ0n) is 10.9. The van der Waals surface area contributed by atoms with Gasteiger partial charge in [-0.05, 0) is 25.7 Å². The highest BCUT2D eigenvalue weighted by Crippen LogP contribution is 2.29. The number of thioether (sulfide) groups is 1. The number of hydrogen-bond acceptors (Lipinski definition) is 6. The van der Waals surface area contributed by atoms with Crippen LogP contribution in [0.1, 0.15) is 18.7 Å². The summed E-state index contributed by atoms with van der Waals surface area (Å²) in [5.74, 6) is 3.38. The number of hydrogen-bond donors (Lipinski definition) is 2. The minimum absolute atomic E-state index is 0.335. The molecule has 18 heavy (non-hydrogen) atoms. The summed E-state index contributed by atoms with van der Waals surface area (Å²) >= 11 is 3.56. The Bertz CT molecular complexity index is 538. The van der Waals surface area contributed by atoms with E-state index in [-0.39, 0.29) is 0 Å². The molecule has 2 aromatic rings. The molecule has 0 amide bonds. The number of nitrogens with one attached hydrogen (secondary N) is 1. The third-order valence-corrected chi connectivity index (χ3v) is 4.58. The Morgan fingerprint density at radius 3 is 3.00 bits per heavy atom. The predicted octanol–water partition coefficient (Wildman–Crippen LogP) is 3.14. The highest BCUT2D eigenvalue weighted by molar-refractivity contribution is 7.99. The lowest BCUT2D eigenvalue weighted by Crippen LogP contribution is -2.19. The second-order valence-corrected chi connectivity index (χ2v) is 6.76. The second-order valence-electron chi connectivity index (χ2n) is 4.21. The van der Waals surface area contributed by atoms with E-state index in [2.05, 4.69) is 42.1 Å². The molecular weight excluding hydrogens is 264 g/mol. The van der Waals surface area contributed by atoms with E-state index < -0.39 is 0 Å². The summed E-state index contributed by atoms with van der Waals surface area (Å²) in [4.78, 5) is 10.8. The van der Waals surface area contributed by atoms with Crippen LogP contribution in [0.15, 0.2) is 6.07 Å². The summed E-state index contributed by atoms with van der Waals surface area (Å²) < 4.78 is 0. The monoisotopic (exact) mass is 282 g/mol. The Hall–Kier alpha value is -1.01. The Morgan fingerprint density at radius 1 is 1.50 bits per heavy atom. The molecule has 4 nitrogen and oxygen atoms in total. The van der Waals surface area contributed by atoms with Crippen LogP contribution < -0.4 is 11.1 Å². The fourth-order valence-electron chi connectivity index (χ4n) is 1.74. The van der Waals surface area contributed by atoms with Crippen LogP contribution in [0.4, 0.5) is 11.8 Å². The molecule has 0 aromatic carbocycles. The average molecular weight is 282 g/mol. The molecule has 3 N–H and O–H groups in total. The van der Waals surface area contributed by atoms with E-state index in [1.54, 1.807) is 11.3 Å². The first-order chi connectivity index (χ1) is 8.60. The molecule has 0 bridgehead atoms. The molecule has 2 aromatic heterocycles. The molecule has 0 aliphatic carbocycles. The maximum absolute atomic E-state index is 5.75. The van der Waals surface area contributed by atoms with E-state index in [4.69, 9.17) is 5.73 Å². The zero-order valence-corrected chi connectivity index (χ0v) is 12.5. The van der Waals surface area contributed by atoms with Crippen LogP contribution in [0.5, 0.6) is 0 Å². The Kier molecular flexibility index (Phi) is 4.29. The quantitative estimate of drug-likeness (QED) is 0.882. The van der Waals surface area contributed by atoms with Gasteiger partial charge in [-0.1, -0.05) is 6.92 Å². The number of nitrogen functional groups attached to an aromatic ring is 1. The molecule has 2 rings (SSSR count). The topological polar surface area (TPSA) is 63.8 Å². The van der Waals surface area contributed by atoms with Crippen LogP contribution >= 0.6 is 23.1 Å². The first kappa shape index (κ1) is 13.4. The fourth-order valence-corrected chi connectivity index (χ4v) is 3.30. The maximum atomic E-state index is 5.75. The van der Waals surface area contributed by atoms with Gasteiger partial charge in [0.25, 0.3) is 0 Å². The van der Waals surface area contributed by atoms with Gasteiger partial charge in [-0.15, -0.1) is 11.3 Å². The third kappa shape index (κ3) is 3.05. The maximum Gasteiger partial charge on any atom is 0.223 e. The third-order valence-electron chi connectivity index (χ3n) is 2.49. The van der Waals surface area contributed by atoms with Gasteiger partial charge in [0, 0.05) is 16.7 Å². The van der Waals surface area contributed by atoms with Gasteiger partial charge in [-0.2, -0.15) is 16.7 Å². The number of rotatable bonds is 5. The van der Waals surface area contributed by atoms with Crippen LogP contribution in [0.3, 0.4) is 0 Å². The van der Waals surface area contributed by atoms with Crippen molar-refractivity contribution in [1.82, 2.24) is 9.97 Å². The van der Waals surface area contributed by atoms with E-state index in [0.717, 1.165) is 27.5 Å². The molecular formula is C12H18N4S2. The lowest BCUT2D eigenvalue weighted by Gasteiger charge is -2.14. The summed E-state index contributed by atoms with van der Waals surface area (Å²) in [5.41, 5.74) is 5.75.